The number of carbonyl (C=O) groups excluding carboxylic acids is 3. The largest absolute Gasteiger partial charge is 0.489 e. The van der Waals surface area contributed by atoms with E-state index in [-0.39, 0.29) is 18.0 Å². The molecule has 166 valence electrons. The molecule has 1 heterocycles. The van der Waals surface area contributed by atoms with Crippen molar-refractivity contribution in [3.05, 3.63) is 99.8 Å². The molecule has 0 aromatic heterocycles. The zero-order valence-electron chi connectivity index (χ0n) is 17.5. The van der Waals surface area contributed by atoms with Crippen molar-refractivity contribution < 1.29 is 23.5 Å². The van der Waals surface area contributed by atoms with Crippen LogP contribution in [0.5, 0.6) is 5.75 Å². The number of ether oxygens (including phenoxy) is 1. The Bertz CT molecular complexity index is 1290. The molecule has 0 aliphatic carbocycles. The van der Waals surface area contributed by atoms with Crippen LogP contribution in [0.25, 0.3) is 6.08 Å². The van der Waals surface area contributed by atoms with Gasteiger partial charge in [-0.3, -0.25) is 14.9 Å². The van der Waals surface area contributed by atoms with E-state index in [0.717, 1.165) is 4.90 Å². The molecule has 8 heteroatoms. The molecular weight excluding hydrogens is 447 g/mol. The van der Waals surface area contributed by atoms with Crippen LogP contribution in [0.4, 0.5) is 14.9 Å². The van der Waals surface area contributed by atoms with Crippen molar-refractivity contribution in [2.24, 2.45) is 0 Å². The minimum atomic E-state index is -0.843. The molecule has 0 atom stereocenters. The first-order valence-corrected chi connectivity index (χ1v) is 10.4. The van der Waals surface area contributed by atoms with E-state index in [2.05, 4.69) is 5.32 Å². The number of rotatable bonds is 5. The van der Waals surface area contributed by atoms with E-state index >= 15 is 0 Å². The summed E-state index contributed by atoms with van der Waals surface area (Å²) in [5, 5.41) is 2.58. The average Bonchev–Trinajstić information content (AvgIpc) is 2.79. The summed E-state index contributed by atoms with van der Waals surface area (Å²) >= 11 is 6.13. The zero-order valence-corrected chi connectivity index (χ0v) is 18.2. The van der Waals surface area contributed by atoms with Crippen molar-refractivity contribution in [2.45, 2.75) is 13.5 Å². The minimum absolute atomic E-state index is 0.0596. The molecular formula is C25H18ClFN2O4. The third-order valence-electron chi connectivity index (χ3n) is 5.12. The number of imide groups is 2. The lowest BCUT2D eigenvalue weighted by atomic mass is 10.1. The molecule has 1 aliphatic rings. The summed E-state index contributed by atoms with van der Waals surface area (Å²) in [7, 11) is 0. The Labute approximate surface area is 194 Å². The number of nitrogens with one attached hydrogen (secondary N) is 1. The summed E-state index contributed by atoms with van der Waals surface area (Å²) in [6.07, 6.45) is 1.39. The molecule has 1 N–H and O–H groups in total. The van der Waals surface area contributed by atoms with Crippen LogP contribution in [0, 0.1) is 12.7 Å². The molecule has 0 bridgehead atoms. The summed E-state index contributed by atoms with van der Waals surface area (Å²) in [5.41, 5.74) is 1.60. The van der Waals surface area contributed by atoms with Gasteiger partial charge >= 0.3 is 6.03 Å². The Balaban J connectivity index is 1.55. The molecule has 0 spiro atoms. The van der Waals surface area contributed by atoms with Gasteiger partial charge in [-0.15, -0.1) is 0 Å². The number of amides is 4. The van der Waals surface area contributed by atoms with Gasteiger partial charge in [0.25, 0.3) is 11.8 Å². The molecule has 3 aromatic carbocycles. The molecule has 0 unspecified atom stereocenters. The number of anilines is 1. The third-order valence-corrected chi connectivity index (χ3v) is 5.53. The highest BCUT2D eigenvalue weighted by Crippen LogP contribution is 2.29. The first kappa shape index (κ1) is 22.2. The molecule has 1 saturated heterocycles. The Morgan fingerprint density at radius 2 is 1.73 bits per heavy atom. The summed E-state index contributed by atoms with van der Waals surface area (Å²) in [6.45, 7) is 1.74. The quantitative estimate of drug-likeness (QED) is 0.424. The van der Waals surface area contributed by atoms with Crippen LogP contribution >= 0.6 is 11.6 Å². The lowest BCUT2D eigenvalue weighted by molar-refractivity contribution is -0.122. The fourth-order valence-corrected chi connectivity index (χ4v) is 3.49. The van der Waals surface area contributed by atoms with Crippen molar-refractivity contribution in [3.8, 4) is 5.75 Å². The van der Waals surface area contributed by atoms with Gasteiger partial charge in [0.2, 0.25) is 0 Å². The van der Waals surface area contributed by atoms with Gasteiger partial charge in [0.05, 0.1) is 5.69 Å². The Morgan fingerprint density at radius 1 is 1.00 bits per heavy atom. The number of benzene rings is 3. The predicted molar refractivity (Wildman–Crippen MR) is 122 cm³/mol. The normalized spacial score (nSPS) is 15.1. The van der Waals surface area contributed by atoms with Crippen LogP contribution in [0.15, 0.2) is 72.3 Å². The van der Waals surface area contributed by atoms with Gasteiger partial charge in [0.1, 0.15) is 23.7 Å². The first-order valence-electron chi connectivity index (χ1n) is 9.98. The molecule has 0 saturated carbocycles. The van der Waals surface area contributed by atoms with E-state index < -0.39 is 17.8 Å². The molecule has 0 radical (unpaired) electrons. The van der Waals surface area contributed by atoms with Crippen molar-refractivity contribution >= 4 is 41.2 Å². The SMILES string of the molecule is Cc1c(Cl)cccc1N1C(=O)NC(=O)/C(=C\c2ccc(OCc3ccccc3F)cc2)C1=O. The fourth-order valence-electron chi connectivity index (χ4n) is 3.32. The number of hydrogen-bond acceptors (Lipinski definition) is 4. The van der Waals surface area contributed by atoms with Gasteiger partial charge in [0, 0.05) is 10.6 Å². The van der Waals surface area contributed by atoms with Gasteiger partial charge in [-0.05, 0) is 54.5 Å². The van der Waals surface area contributed by atoms with Crippen LogP contribution in [0.1, 0.15) is 16.7 Å². The van der Waals surface area contributed by atoms with Gasteiger partial charge in [-0.2, -0.15) is 0 Å². The maximum absolute atomic E-state index is 13.7. The highest BCUT2D eigenvalue weighted by atomic mass is 35.5. The Morgan fingerprint density at radius 3 is 2.45 bits per heavy atom. The number of carbonyl (C=O) groups is 3. The highest BCUT2D eigenvalue weighted by molar-refractivity contribution is 6.39. The number of barbiturate groups is 1. The topological polar surface area (TPSA) is 75.7 Å². The second kappa shape index (κ2) is 9.26. The minimum Gasteiger partial charge on any atom is -0.489 e. The molecule has 3 aromatic rings. The van der Waals surface area contributed by atoms with Crippen molar-refractivity contribution in [1.29, 1.82) is 0 Å². The van der Waals surface area contributed by atoms with Crippen LogP contribution in [-0.2, 0) is 16.2 Å². The standard InChI is InChI=1S/C25H18ClFN2O4/c1-15-20(26)6-4-8-22(15)29-24(31)19(23(30)28-25(29)32)13-16-9-11-18(12-10-16)33-14-17-5-2-3-7-21(17)27/h2-13H,14H2,1H3,(H,28,30,32)/b19-13+. The molecule has 1 fully saturated rings. The number of hydrogen-bond donors (Lipinski definition) is 1. The fraction of sp³-hybridized carbons (Fsp3) is 0.0800. The summed E-state index contributed by atoms with van der Waals surface area (Å²) in [4.78, 5) is 38.7. The van der Waals surface area contributed by atoms with Crippen LogP contribution in [-0.4, -0.2) is 17.8 Å². The van der Waals surface area contributed by atoms with E-state index in [4.69, 9.17) is 16.3 Å². The molecule has 4 rings (SSSR count). The molecule has 6 nitrogen and oxygen atoms in total. The van der Waals surface area contributed by atoms with Crippen molar-refractivity contribution in [2.75, 3.05) is 4.90 Å². The Hall–Kier alpha value is -3.97. The predicted octanol–water partition coefficient (Wildman–Crippen LogP) is 5.03. The monoisotopic (exact) mass is 464 g/mol. The number of nitrogens with zero attached hydrogens (tertiary/aromatic N) is 1. The molecule has 1 aliphatic heterocycles. The number of halogens is 2. The van der Waals surface area contributed by atoms with Crippen LogP contribution in [0.3, 0.4) is 0 Å². The number of urea groups is 1. The zero-order chi connectivity index (χ0) is 23.5. The second-order valence-electron chi connectivity index (χ2n) is 7.29. The van der Waals surface area contributed by atoms with Gasteiger partial charge in [-0.25, -0.2) is 14.1 Å². The lowest BCUT2D eigenvalue weighted by Crippen LogP contribution is -2.54. The lowest BCUT2D eigenvalue weighted by Gasteiger charge is -2.27. The van der Waals surface area contributed by atoms with Crippen LogP contribution in [0.2, 0.25) is 5.02 Å². The van der Waals surface area contributed by atoms with Crippen LogP contribution < -0.4 is 15.0 Å². The van der Waals surface area contributed by atoms with Gasteiger partial charge in [-0.1, -0.05) is 48.0 Å². The maximum atomic E-state index is 13.7. The third kappa shape index (κ3) is 4.63. The molecule has 33 heavy (non-hydrogen) atoms. The molecule has 4 amide bonds. The van der Waals surface area contributed by atoms with E-state index in [0.29, 0.717) is 33.1 Å². The Kier molecular flexibility index (Phi) is 6.24. The first-order chi connectivity index (χ1) is 15.8. The van der Waals surface area contributed by atoms with E-state index in [1.54, 1.807) is 67.6 Å². The van der Waals surface area contributed by atoms with Crippen molar-refractivity contribution in [3.63, 3.8) is 0 Å². The van der Waals surface area contributed by atoms with Gasteiger partial charge < -0.3 is 4.74 Å². The van der Waals surface area contributed by atoms with E-state index in [9.17, 15) is 18.8 Å². The van der Waals surface area contributed by atoms with E-state index in [1.165, 1.54) is 12.1 Å². The maximum Gasteiger partial charge on any atom is 0.335 e. The average molecular weight is 465 g/mol. The van der Waals surface area contributed by atoms with E-state index in [1.807, 2.05) is 0 Å². The summed E-state index contributed by atoms with van der Waals surface area (Å²) in [5.74, 6) is -1.41. The smallest absolute Gasteiger partial charge is 0.335 e. The second-order valence-corrected chi connectivity index (χ2v) is 7.70. The summed E-state index contributed by atoms with van der Waals surface area (Å²) in [6, 6.07) is 16.9. The highest BCUT2D eigenvalue weighted by Gasteiger charge is 2.37. The summed E-state index contributed by atoms with van der Waals surface area (Å²) < 4.78 is 19.3. The van der Waals surface area contributed by atoms with Crippen molar-refractivity contribution in [1.82, 2.24) is 5.32 Å². The van der Waals surface area contributed by atoms with Gasteiger partial charge in [0.15, 0.2) is 0 Å².